The molecule has 2 amide bonds. The van der Waals surface area contributed by atoms with Crippen LogP contribution in [0.1, 0.15) is 26.3 Å². The number of anilines is 1. The van der Waals surface area contributed by atoms with Crippen molar-refractivity contribution < 1.29 is 19.4 Å². The molecule has 6 nitrogen and oxygen atoms in total. The summed E-state index contributed by atoms with van der Waals surface area (Å²) in [5.74, 6) is -0.506. The van der Waals surface area contributed by atoms with Gasteiger partial charge in [0.25, 0.3) is 0 Å². The van der Waals surface area contributed by atoms with Crippen LogP contribution >= 0.6 is 0 Å². The molecule has 0 spiro atoms. The first-order chi connectivity index (χ1) is 9.71. The van der Waals surface area contributed by atoms with Gasteiger partial charge in [0.15, 0.2) is 0 Å². The van der Waals surface area contributed by atoms with Crippen LogP contribution in [0.4, 0.5) is 10.5 Å². The average molecular weight is 294 g/mol. The molecule has 0 saturated carbocycles. The Hall–Kier alpha value is -2.08. The van der Waals surface area contributed by atoms with Gasteiger partial charge in [0.2, 0.25) is 5.91 Å². The summed E-state index contributed by atoms with van der Waals surface area (Å²) in [4.78, 5) is 23.6. The van der Waals surface area contributed by atoms with E-state index in [1.54, 1.807) is 39.0 Å². The highest BCUT2D eigenvalue weighted by molar-refractivity contribution is 5.96. The summed E-state index contributed by atoms with van der Waals surface area (Å²) in [6, 6.07) is 6.16. The van der Waals surface area contributed by atoms with Crippen LogP contribution in [0.5, 0.6) is 0 Å². The zero-order valence-corrected chi connectivity index (χ0v) is 12.8. The second kappa shape index (κ2) is 7.08. The van der Waals surface area contributed by atoms with Crippen molar-refractivity contribution in [2.45, 2.75) is 39.3 Å². The topological polar surface area (TPSA) is 87.7 Å². The lowest BCUT2D eigenvalue weighted by atomic mass is 10.2. The summed E-state index contributed by atoms with van der Waals surface area (Å²) >= 11 is 0. The molecule has 0 radical (unpaired) electrons. The largest absolute Gasteiger partial charge is 0.444 e. The lowest BCUT2D eigenvalue weighted by Crippen LogP contribution is -2.47. The van der Waals surface area contributed by atoms with Gasteiger partial charge in [-0.1, -0.05) is 12.1 Å². The van der Waals surface area contributed by atoms with Crippen LogP contribution in [-0.2, 0) is 9.53 Å². The van der Waals surface area contributed by atoms with Crippen LogP contribution in [0.25, 0.3) is 0 Å². The highest BCUT2D eigenvalue weighted by Gasteiger charge is 2.23. The number of nitrogens with one attached hydrogen (secondary N) is 2. The Balaban J connectivity index is 2.63. The lowest BCUT2D eigenvalue weighted by Gasteiger charge is -2.22. The number of carbonyl (C=O) groups excluding carboxylic acids is 2. The molecule has 1 atom stereocenters. The Morgan fingerprint density at radius 2 is 2.00 bits per heavy atom. The van der Waals surface area contributed by atoms with Gasteiger partial charge in [-0.05, 0) is 45.4 Å². The number of ether oxygens (including phenoxy) is 1. The van der Waals surface area contributed by atoms with Crippen molar-refractivity contribution in [1.82, 2.24) is 5.32 Å². The van der Waals surface area contributed by atoms with Gasteiger partial charge >= 0.3 is 6.09 Å². The SMILES string of the molecule is Cc1cccc(NC(=O)C(CO)NC(=O)OC(C)(C)C)c1. The lowest BCUT2D eigenvalue weighted by molar-refractivity contribution is -0.119. The number of alkyl carbamates (subject to hydrolysis) is 1. The first-order valence-corrected chi connectivity index (χ1v) is 6.69. The van der Waals surface area contributed by atoms with Gasteiger partial charge in [-0.2, -0.15) is 0 Å². The Labute approximate surface area is 124 Å². The number of aliphatic hydroxyl groups is 1. The zero-order valence-electron chi connectivity index (χ0n) is 12.8. The van der Waals surface area contributed by atoms with E-state index in [2.05, 4.69) is 10.6 Å². The number of benzene rings is 1. The molecule has 1 unspecified atom stereocenters. The van der Waals surface area contributed by atoms with E-state index in [-0.39, 0.29) is 0 Å². The first kappa shape index (κ1) is 17.0. The highest BCUT2D eigenvalue weighted by atomic mass is 16.6. The maximum absolute atomic E-state index is 12.0. The molecular formula is C15H22N2O4. The molecular weight excluding hydrogens is 272 g/mol. The summed E-state index contributed by atoms with van der Waals surface area (Å²) < 4.78 is 5.05. The first-order valence-electron chi connectivity index (χ1n) is 6.69. The quantitative estimate of drug-likeness (QED) is 0.790. The predicted octanol–water partition coefficient (Wildman–Crippen LogP) is 1.82. The van der Waals surface area contributed by atoms with Gasteiger partial charge in [-0.15, -0.1) is 0 Å². The Morgan fingerprint density at radius 1 is 1.33 bits per heavy atom. The summed E-state index contributed by atoms with van der Waals surface area (Å²) in [6.07, 6.45) is -0.749. The third-order valence-electron chi connectivity index (χ3n) is 2.48. The number of aryl methyl sites for hydroxylation is 1. The highest BCUT2D eigenvalue weighted by Crippen LogP contribution is 2.10. The number of amides is 2. The molecule has 1 aromatic rings. The van der Waals surface area contributed by atoms with Crippen LogP contribution in [0.3, 0.4) is 0 Å². The monoisotopic (exact) mass is 294 g/mol. The van der Waals surface area contributed by atoms with Crippen molar-refractivity contribution in [3.05, 3.63) is 29.8 Å². The van der Waals surface area contributed by atoms with Crippen molar-refractivity contribution in [1.29, 1.82) is 0 Å². The third kappa shape index (κ3) is 6.27. The molecule has 21 heavy (non-hydrogen) atoms. The van der Waals surface area contributed by atoms with Gasteiger partial charge < -0.3 is 20.5 Å². The van der Waals surface area contributed by atoms with E-state index < -0.39 is 30.3 Å². The molecule has 0 aliphatic rings. The van der Waals surface area contributed by atoms with Crippen molar-refractivity contribution in [2.75, 3.05) is 11.9 Å². The summed E-state index contributed by atoms with van der Waals surface area (Å²) in [6.45, 7) is 6.53. The number of carbonyl (C=O) groups is 2. The fraction of sp³-hybridized carbons (Fsp3) is 0.467. The van der Waals surface area contributed by atoms with Gasteiger partial charge in [0.05, 0.1) is 6.61 Å². The van der Waals surface area contributed by atoms with Crippen LogP contribution in [0.2, 0.25) is 0 Å². The van der Waals surface area contributed by atoms with Crippen LogP contribution in [0, 0.1) is 6.92 Å². The second-order valence-electron chi connectivity index (χ2n) is 5.74. The molecule has 0 aromatic heterocycles. The molecule has 0 saturated heterocycles. The van der Waals surface area contributed by atoms with Crippen LogP contribution < -0.4 is 10.6 Å². The normalized spacial score (nSPS) is 12.4. The molecule has 116 valence electrons. The Morgan fingerprint density at radius 3 is 2.52 bits per heavy atom. The minimum atomic E-state index is -1.07. The van der Waals surface area contributed by atoms with Crippen LogP contribution in [0.15, 0.2) is 24.3 Å². The molecule has 0 fully saturated rings. The Bertz CT molecular complexity index is 509. The molecule has 0 heterocycles. The summed E-state index contributed by atoms with van der Waals surface area (Å²) in [5.41, 5.74) is 0.926. The molecule has 3 N–H and O–H groups in total. The minimum Gasteiger partial charge on any atom is -0.444 e. The van der Waals surface area contributed by atoms with E-state index in [9.17, 15) is 14.7 Å². The predicted molar refractivity (Wildman–Crippen MR) is 80.1 cm³/mol. The third-order valence-corrected chi connectivity index (χ3v) is 2.48. The Kier molecular flexibility index (Phi) is 5.72. The van der Waals surface area contributed by atoms with E-state index in [1.165, 1.54) is 0 Å². The second-order valence-corrected chi connectivity index (χ2v) is 5.74. The molecule has 0 aliphatic heterocycles. The van der Waals surface area contributed by atoms with E-state index in [0.717, 1.165) is 5.56 Å². The van der Waals surface area contributed by atoms with Gasteiger partial charge in [-0.25, -0.2) is 4.79 Å². The smallest absolute Gasteiger partial charge is 0.408 e. The average Bonchev–Trinajstić information content (AvgIpc) is 2.33. The maximum atomic E-state index is 12.0. The molecule has 0 bridgehead atoms. The van der Waals surface area contributed by atoms with Crippen molar-refractivity contribution in [3.63, 3.8) is 0 Å². The minimum absolute atomic E-state index is 0.506. The van der Waals surface area contributed by atoms with E-state index >= 15 is 0 Å². The van der Waals surface area contributed by atoms with Crippen LogP contribution in [-0.4, -0.2) is 35.4 Å². The molecule has 6 heteroatoms. The fourth-order valence-electron chi connectivity index (χ4n) is 1.60. The van der Waals surface area contributed by atoms with E-state index in [4.69, 9.17) is 4.74 Å². The maximum Gasteiger partial charge on any atom is 0.408 e. The van der Waals surface area contributed by atoms with Crippen molar-refractivity contribution in [2.24, 2.45) is 0 Å². The number of aliphatic hydroxyl groups excluding tert-OH is 1. The zero-order chi connectivity index (χ0) is 16.0. The fourth-order valence-corrected chi connectivity index (χ4v) is 1.60. The molecule has 1 aromatic carbocycles. The van der Waals surface area contributed by atoms with E-state index in [1.807, 2.05) is 13.0 Å². The molecule has 0 aliphatic carbocycles. The van der Waals surface area contributed by atoms with Gasteiger partial charge in [0.1, 0.15) is 11.6 Å². The van der Waals surface area contributed by atoms with E-state index in [0.29, 0.717) is 5.69 Å². The number of hydrogen-bond acceptors (Lipinski definition) is 4. The standard InChI is InChI=1S/C15H22N2O4/c1-10-6-5-7-11(8-10)16-13(19)12(9-18)17-14(20)21-15(2,3)4/h5-8,12,18H,9H2,1-4H3,(H,16,19)(H,17,20). The van der Waals surface area contributed by atoms with Crippen molar-refractivity contribution >= 4 is 17.7 Å². The summed E-state index contributed by atoms with van der Waals surface area (Å²) in [5, 5.41) is 14.2. The number of rotatable bonds is 4. The number of hydrogen-bond donors (Lipinski definition) is 3. The van der Waals surface area contributed by atoms with Gasteiger partial charge in [-0.3, -0.25) is 4.79 Å². The summed E-state index contributed by atoms with van der Waals surface area (Å²) in [7, 11) is 0. The van der Waals surface area contributed by atoms with Gasteiger partial charge in [0, 0.05) is 5.69 Å². The molecule has 1 rings (SSSR count). The van der Waals surface area contributed by atoms with Crippen molar-refractivity contribution in [3.8, 4) is 0 Å².